The molecule has 3 rings (SSSR count). The maximum Gasteiger partial charge on any atom is 0.264 e. The summed E-state index contributed by atoms with van der Waals surface area (Å²) in [5, 5.41) is 2.84. The molecule has 0 unspecified atom stereocenters. The topological polar surface area (TPSA) is 96.0 Å². The fraction of sp³-hybridized carbons (Fsp3) is 0.259. The zero-order valence-corrected chi connectivity index (χ0v) is 23.6. The first-order valence-electron chi connectivity index (χ1n) is 11.8. The number of sulfonamides is 1. The van der Waals surface area contributed by atoms with E-state index in [4.69, 9.17) is 27.9 Å². The summed E-state index contributed by atoms with van der Waals surface area (Å²) >= 11 is 12.6. The molecule has 0 spiro atoms. The van der Waals surface area contributed by atoms with Gasteiger partial charge in [0.15, 0.2) is 0 Å². The molecule has 0 fully saturated rings. The molecule has 2 amide bonds. The van der Waals surface area contributed by atoms with E-state index in [1.54, 1.807) is 62.4 Å². The Morgan fingerprint density at radius 3 is 2.34 bits per heavy atom. The van der Waals surface area contributed by atoms with Crippen molar-refractivity contribution >= 4 is 50.7 Å². The second-order valence-electron chi connectivity index (χ2n) is 8.34. The van der Waals surface area contributed by atoms with Crippen LogP contribution in [0.5, 0.6) is 5.75 Å². The van der Waals surface area contributed by atoms with Crippen molar-refractivity contribution in [1.29, 1.82) is 0 Å². The summed E-state index contributed by atoms with van der Waals surface area (Å²) in [4.78, 5) is 27.9. The molecule has 1 atom stereocenters. The van der Waals surface area contributed by atoms with Gasteiger partial charge >= 0.3 is 0 Å². The number of nitrogens with zero attached hydrogens (tertiary/aromatic N) is 2. The molecule has 0 heterocycles. The van der Waals surface area contributed by atoms with Crippen molar-refractivity contribution in [3.05, 3.63) is 88.4 Å². The van der Waals surface area contributed by atoms with Gasteiger partial charge in [0.2, 0.25) is 11.8 Å². The van der Waals surface area contributed by atoms with Gasteiger partial charge in [0.25, 0.3) is 10.0 Å². The zero-order valence-electron chi connectivity index (χ0n) is 21.2. The minimum Gasteiger partial charge on any atom is -0.497 e. The lowest BCUT2D eigenvalue weighted by Crippen LogP contribution is -2.51. The third-order valence-corrected chi connectivity index (χ3v) is 8.40. The third-order valence-electron chi connectivity index (χ3n) is 5.82. The van der Waals surface area contributed by atoms with Crippen LogP contribution in [-0.4, -0.2) is 51.4 Å². The summed E-state index contributed by atoms with van der Waals surface area (Å²) in [6.45, 7) is 3.15. The van der Waals surface area contributed by atoms with Crippen molar-refractivity contribution in [1.82, 2.24) is 10.2 Å². The van der Waals surface area contributed by atoms with Crippen LogP contribution in [0, 0.1) is 0 Å². The summed E-state index contributed by atoms with van der Waals surface area (Å²) in [6.07, 6.45) is 0. The predicted octanol–water partition coefficient (Wildman–Crippen LogP) is 4.75. The summed E-state index contributed by atoms with van der Waals surface area (Å²) < 4.78 is 33.7. The van der Waals surface area contributed by atoms with Crippen LogP contribution in [0.25, 0.3) is 0 Å². The lowest BCUT2D eigenvalue weighted by molar-refractivity contribution is -0.139. The number of ether oxygens (including phenoxy) is 1. The molecule has 0 aromatic heterocycles. The molecule has 1 N–H and O–H groups in total. The fourth-order valence-electron chi connectivity index (χ4n) is 3.79. The Balaban J connectivity index is 2.07. The highest BCUT2D eigenvalue weighted by molar-refractivity contribution is 7.92. The highest BCUT2D eigenvalue weighted by Crippen LogP contribution is 2.35. The average Bonchev–Trinajstić information content (AvgIpc) is 2.92. The maximum atomic E-state index is 13.8. The third kappa shape index (κ3) is 6.78. The first-order chi connectivity index (χ1) is 18.1. The molecule has 38 heavy (non-hydrogen) atoms. The number of nitrogens with one attached hydrogen (secondary N) is 1. The number of hydrogen-bond acceptors (Lipinski definition) is 5. The molecule has 0 aliphatic heterocycles. The van der Waals surface area contributed by atoms with E-state index in [1.165, 1.54) is 36.3 Å². The molecule has 3 aromatic rings. The van der Waals surface area contributed by atoms with Crippen molar-refractivity contribution in [2.45, 2.75) is 31.3 Å². The summed E-state index contributed by atoms with van der Waals surface area (Å²) in [5.41, 5.74) is 0.746. The highest BCUT2D eigenvalue weighted by Gasteiger charge is 2.33. The van der Waals surface area contributed by atoms with Crippen LogP contribution in [0.4, 0.5) is 5.69 Å². The Labute approximate surface area is 233 Å². The smallest absolute Gasteiger partial charge is 0.264 e. The lowest BCUT2D eigenvalue weighted by atomic mass is 10.1. The van der Waals surface area contributed by atoms with Crippen molar-refractivity contribution in [2.24, 2.45) is 0 Å². The molecule has 3 aromatic carbocycles. The molecule has 0 aliphatic rings. The van der Waals surface area contributed by atoms with E-state index in [0.717, 1.165) is 4.31 Å². The number of amides is 2. The van der Waals surface area contributed by atoms with Crippen LogP contribution in [-0.2, 0) is 26.2 Å². The van der Waals surface area contributed by atoms with Crippen LogP contribution in [0.15, 0.2) is 77.7 Å². The lowest BCUT2D eigenvalue weighted by Gasteiger charge is -2.32. The van der Waals surface area contributed by atoms with Crippen molar-refractivity contribution < 1.29 is 22.7 Å². The molecule has 8 nitrogen and oxygen atoms in total. The Bertz CT molecular complexity index is 1390. The number of hydrogen-bond donors (Lipinski definition) is 1. The largest absolute Gasteiger partial charge is 0.497 e. The monoisotopic (exact) mass is 577 g/mol. The van der Waals surface area contributed by atoms with E-state index in [9.17, 15) is 18.0 Å². The number of anilines is 1. The van der Waals surface area contributed by atoms with Crippen LogP contribution in [0.1, 0.15) is 19.4 Å². The molecule has 0 radical (unpaired) electrons. The molecule has 0 aliphatic carbocycles. The minimum absolute atomic E-state index is 0.0161. The van der Waals surface area contributed by atoms with E-state index in [1.807, 2.05) is 0 Å². The van der Waals surface area contributed by atoms with Crippen molar-refractivity contribution in [3.63, 3.8) is 0 Å². The molecule has 202 valence electrons. The van der Waals surface area contributed by atoms with E-state index in [0.29, 0.717) is 17.9 Å². The van der Waals surface area contributed by atoms with Crippen molar-refractivity contribution in [2.75, 3.05) is 24.5 Å². The van der Waals surface area contributed by atoms with Gasteiger partial charge in [0.1, 0.15) is 18.3 Å². The number of likely N-dealkylation sites (N-methyl/N-ethyl adjacent to an activating group) is 1. The van der Waals surface area contributed by atoms with Gasteiger partial charge in [0.05, 0.1) is 27.7 Å². The van der Waals surface area contributed by atoms with Crippen LogP contribution in [0.2, 0.25) is 10.0 Å². The van der Waals surface area contributed by atoms with Crippen LogP contribution >= 0.6 is 23.2 Å². The van der Waals surface area contributed by atoms with Gasteiger partial charge in [-0.1, -0.05) is 59.6 Å². The summed E-state index contributed by atoms with van der Waals surface area (Å²) in [7, 11) is -2.71. The number of halogens is 2. The standard InChI is InChI=1S/C27H29Cl2N3O5S/c1-4-30-27(34)19(2)31(17-20-10-8-11-21(16-20)37-3)25(33)18-32(24-15-9-14-23(28)26(24)29)38(35,36)22-12-6-5-7-13-22/h5-16,19H,4,17-18H2,1-3H3,(H,30,34)/t19-/m1/s1. The number of benzene rings is 3. The van der Waals surface area contributed by atoms with E-state index in [-0.39, 0.29) is 33.1 Å². The van der Waals surface area contributed by atoms with E-state index in [2.05, 4.69) is 5.32 Å². The molecular weight excluding hydrogens is 549 g/mol. The Kier molecular flexibility index (Phi) is 10.0. The number of methoxy groups -OCH3 is 1. The molecule has 0 saturated heterocycles. The highest BCUT2D eigenvalue weighted by atomic mass is 35.5. The Morgan fingerprint density at radius 2 is 1.68 bits per heavy atom. The average molecular weight is 579 g/mol. The summed E-state index contributed by atoms with van der Waals surface area (Å²) in [6, 6.07) is 18.4. The molecule has 0 bridgehead atoms. The number of carbonyl (C=O) groups excluding carboxylic acids is 2. The van der Waals surface area contributed by atoms with Gasteiger partial charge in [0, 0.05) is 13.1 Å². The van der Waals surface area contributed by atoms with Gasteiger partial charge in [-0.25, -0.2) is 8.42 Å². The maximum absolute atomic E-state index is 13.8. The summed E-state index contributed by atoms with van der Waals surface area (Å²) in [5.74, 6) is -0.399. The predicted molar refractivity (Wildman–Crippen MR) is 149 cm³/mol. The first-order valence-corrected chi connectivity index (χ1v) is 14.0. The van der Waals surface area contributed by atoms with Gasteiger partial charge in [-0.15, -0.1) is 0 Å². The minimum atomic E-state index is -4.24. The Morgan fingerprint density at radius 1 is 1.00 bits per heavy atom. The first kappa shape index (κ1) is 29.3. The molecule has 0 saturated carbocycles. The zero-order chi connectivity index (χ0) is 27.9. The number of carbonyl (C=O) groups is 2. The normalized spacial score (nSPS) is 11.9. The van der Waals surface area contributed by atoms with Gasteiger partial charge in [-0.3, -0.25) is 13.9 Å². The van der Waals surface area contributed by atoms with E-state index < -0.39 is 28.5 Å². The second-order valence-corrected chi connectivity index (χ2v) is 11.0. The quantitative estimate of drug-likeness (QED) is 0.354. The molecule has 11 heteroatoms. The van der Waals surface area contributed by atoms with E-state index >= 15 is 0 Å². The van der Waals surface area contributed by atoms with Crippen molar-refractivity contribution in [3.8, 4) is 5.75 Å². The van der Waals surface area contributed by atoms with Gasteiger partial charge in [-0.2, -0.15) is 0 Å². The van der Waals surface area contributed by atoms with Crippen LogP contribution in [0.3, 0.4) is 0 Å². The SMILES string of the molecule is CCNC(=O)[C@@H](C)N(Cc1cccc(OC)c1)C(=O)CN(c1cccc(Cl)c1Cl)S(=O)(=O)c1ccccc1. The van der Waals surface area contributed by atoms with Gasteiger partial charge < -0.3 is 15.0 Å². The van der Waals surface area contributed by atoms with Gasteiger partial charge in [-0.05, 0) is 55.8 Å². The molecular formula is C27H29Cl2N3O5S. The Hall–Kier alpha value is -3.27. The number of rotatable bonds is 11. The van der Waals surface area contributed by atoms with Crippen LogP contribution < -0.4 is 14.4 Å². The fourth-order valence-corrected chi connectivity index (χ4v) is 5.68. The second kappa shape index (κ2) is 13.0.